The zero-order chi connectivity index (χ0) is 12.9. The Morgan fingerprint density at radius 2 is 2.18 bits per heavy atom. The van der Waals surface area contributed by atoms with E-state index in [2.05, 4.69) is 9.97 Å². The van der Waals surface area contributed by atoms with Crippen LogP contribution in [0, 0.1) is 0 Å². The van der Waals surface area contributed by atoms with E-state index in [1.54, 1.807) is 0 Å². The van der Waals surface area contributed by atoms with Gasteiger partial charge >= 0.3 is 0 Å². The van der Waals surface area contributed by atoms with Crippen LogP contribution in [0.4, 0.5) is 5.82 Å². The lowest BCUT2D eigenvalue weighted by molar-refractivity contribution is 0.596. The number of hydrogen-bond donors (Lipinski definition) is 2. The van der Waals surface area contributed by atoms with Crippen molar-refractivity contribution in [1.82, 2.24) is 9.97 Å². The summed E-state index contributed by atoms with van der Waals surface area (Å²) in [6, 6.07) is 1.18. The molecule has 0 amide bonds. The van der Waals surface area contributed by atoms with Gasteiger partial charge in [0.2, 0.25) is 0 Å². The van der Waals surface area contributed by atoms with Crippen LogP contribution in [0.1, 0.15) is 13.3 Å². The maximum absolute atomic E-state index is 11.4. The first kappa shape index (κ1) is 14.0. The van der Waals surface area contributed by atoms with Gasteiger partial charge in [0.05, 0.1) is 5.75 Å². The van der Waals surface area contributed by atoms with E-state index in [0.717, 1.165) is 0 Å². The predicted octanol–water partition coefficient (Wildman–Crippen LogP) is 0.269. The van der Waals surface area contributed by atoms with Gasteiger partial charge in [0, 0.05) is 17.6 Å². The molecule has 0 aliphatic carbocycles. The zero-order valence-electron chi connectivity index (χ0n) is 9.47. The predicted molar refractivity (Wildman–Crippen MR) is 68.9 cm³/mol. The first-order valence-electron chi connectivity index (χ1n) is 5.13. The summed E-state index contributed by atoms with van der Waals surface area (Å²) in [6.45, 7) is 1.82. The van der Waals surface area contributed by atoms with Gasteiger partial charge in [0.25, 0.3) is 5.56 Å². The first-order valence-corrected chi connectivity index (χ1v) is 7.93. The minimum atomic E-state index is -2.99. The zero-order valence-corrected chi connectivity index (χ0v) is 11.1. The molecule has 0 radical (unpaired) electrons. The molecule has 0 atom stereocenters. The molecule has 1 heterocycles. The fourth-order valence-corrected chi connectivity index (χ4v) is 3.91. The van der Waals surface area contributed by atoms with Crippen LogP contribution in [0.5, 0.6) is 0 Å². The van der Waals surface area contributed by atoms with Gasteiger partial charge < -0.3 is 10.7 Å². The first-order chi connectivity index (χ1) is 7.93. The van der Waals surface area contributed by atoms with Crippen molar-refractivity contribution in [3.8, 4) is 0 Å². The summed E-state index contributed by atoms with van der Waals surface area (Å²) in [7, 11) is -2.99. The Balaban J connectivity index is 2.54. The second kappa shape index (κ2) is 6.06. The third-order valence-electron chi connectivity index (χ3n) is 1.89. The molecule has 6 nitrogen and oxygen atoms in total. The second-order valence-electron chi connectivity index (χ2n) is 3.48. The molecule has 0 unspecified atom stereocenters. The number of nitrogens with two attached hydrogens (primary N) is 1. The number of thioether (sulfide) groups is 1. The Labute approximate surface area is 104 Å². The fourth-order valence-electron chi connectivity index (χ4n) is 1.20. The Morgan fingerprint density at radius 1 is 1.47 bits per heavy atom. The number of aromatic nitrogens is 2. The van der Waals surface area contributed by atoms with Gasteiger partial charge in [-0.05, 0) is 6.42 Å². The van der Waals surface area contributed by atoms with Crippen LogP contribution in [0.2, 0.25) is 0 Å². The lowest BCUT2D eigenvalue weighted by Crippen LogP contribution is -2.13. The molecule has 0 fully saturated rings. The van der Waals surface area contributed by atoms with E-state index < -0.39 is 9.84 Å². The van der Waals surface area contributed by atoms with Gasteiger partial charge in [-0.15, -0.1) is 0 Å². The lowest BCUT2D eigenvalue weighted by atomic mass is 10.6. The Hall–Kier alpha value is -1.02. The third kappa shape index (κ3) is 5.22. The molecule has 8 heteroatoms. The van der Waals surface area contributed by atoms with Crippen LogP contribution < -0.4 is 11.3 Å². The average molecular weight is 277 g/mol. The van der Waals surface area contributed by atoms with E-state index in [1.807, 2.05) is 6.92 Å². The van der Waals surface area contributed by atoms with Crippen LogP contribution in [0.25, 0.3) is 0 Å². The molecule has 96 valence electrons. The van der Waals surface area contributed by atoms with Crippen LogP contribution in [-0.4, -0.2) is 35.6 Å². The average Bonchev–Trinajstić information content (AvgIpc) is 2.15. The normalized spacial score (nSPS) is 11.6. The van der Waals surface area contributed by atoms with Gasteiger partial charge in [0.1, 0.15) is 5.82 Å². The SMILES string of the molecule is CCCS(=O)(=O)CCSc1nc(N)cc(=O)[nH]1. The number of aromatic amines is 1. The van der Waals surface area contributed by atoms with E-state index >= 15 is 0 Å². The highest BCUT2D eigenvalue weighted by Gasteiger charge is 2.09. The number of H-pyrrole nitrogens is 1. The minimum Gasteiger partial charge on any atom is -0.383 e. The highest BCUT2D eigenvalue weighted by atomic mass is 32.2. The largest absolute Gasteiger partial charge is 0.383 e. The van der Waals surface area contributed by atoms with Crippen molar-refractivity contribution in [2.75, 3.05) is 23.0 Å². The Kier molecular flexibility index (Phi) is 5.01. The van der Waals surface area contributed by atoms with Crippen molar-refractivity contribution < 1.29 is 8.42 Å². The van der Waals surface area contributed by atoms with Crippen molar-refractivity contribution in [2.24, 2.45) is 0 Å². The van der Waals surface area contributed by atoms with Crippen LogP contribution >= 0.6 is 11.8 Å². The molecule has 0 bridgehead atoms. The standard InChI is InChI=1S/C9H15N3O3S2/c1-2-4-17(14,15)5-3-16-9-11-7(10)6-8(13)12-9/h6H,2-5H2,1H3,(H3,10,11,12,13). The minimum absolute atomic E-state index is 0.0734. The fraction of sp³-hybridized carbons (Fsp3) is 0.556. The van der Waals surface area contributed by atoms with E-state index in [9.17, 15) is 13.2 Å². The number of nitrogen functional groups attached to an aromatic ring is 1. The van der Waals surface area contributed by atoms with Gasteiger partial charge in [-0.1, -0.05) is 18.7 Å². The van der Waals surface area contributed by atoms with Crippen LogP contribution in [0.15, 0.2) is 16.0 Å². The molecule has 0 aliphatic heterocycles. The molecule has 0 saturated carbocycles. The smallest absolute Gasteiger partial charge is 0.253 e. The number of sulfone groups is 1. The van der Waals surface area contributed by atoms with E-state index in [4.69, 9.17) is 5.73 Å². The lowest BCUT2D eigenvalue weighted by Gasteiger charge is -2.02. The van der Waals surface area contributed by atoms with Crippen molar-refractivity contribution in [1.29, 1.82) is 0 Å². The number of anilines is 1. The molecule has 1 rings (SSSR count). The summed E-state index contributed by atoms with van der Waals surface area (Å²) in [6.07, 6.45) is 0.611. The molecule has 0 saturated heterocycles. The quantitative estimate of drug-likeness (QED) is 0.571. The molecule has 1 aromatic heterocycles. The molecular weight excluding hydrogens is 262 g/mol. The molecule has 1 aromatic rings. The number of rotatable bonds is 6. The van der Waals surface area contributed by atoms with E-state index in [-0.39, 0.29) is 22.9 Å². The van der Waals surface area contributed by atoms with Crippen molar-refractivity contribution in [2.45, 2.75) is 18.5 Å². The van der Waals surface area contributed by atoms with Gasteiger partial charge in [0.15, 0.2) is 15.0 Å². The molecule has 0 aliphatic rings. The Morgan fingerprint density at radius 3 is 2.76 bits per heavy atom. The van der Waals surface area contributed by atoms with Crippen molar-refractivity contribution in [3.05, 3.63) is 16.4 Å². The third-order valence-corrected chi connectivity index (χ3v) is 4.88. The van der Waals surface area contributed by atoms with Gasteiger partial charge in [-0.2, -0.15) is 0 Å². The highest BCUT2D eigenvalue weighted by Crippen LogP contribution is 2.12. The van der Waals surface area contributed by atoms with Crippen LogP contribution in [0.3, 0.4) is 0 Å². The van der Waals surface area contributed by atoms with Crippen LogP contribution in [-0.2, 0) is 9.84 Å². The van der Waals surface area contributed by atoms with Crippen molar-refractivity contribution in [3.63, 3.8) is 0 Å². The highest BCUT2D eigenvalue weighted by molar-refractivity contribution is 8.00. The summed E-state index contributed by atoms with van der Waals surface area (Å²) in [4.78, 5) is 17.4. The maximum Gasteiger partial charge on any atom is 0.253 e. The maximum atomic E-state index is 11.4. The summed E-state index contributed by atoms with van der Waals surface area (Å²) < 4.78 is 22.8. The summed E-state index contributed by atoms with van der Waals surface area (Å²) in [5.41, 5.74) is 5.07. The molecule has 3 N–H and O–H groups in total. The Bertz CT molecular complexity index is 525. The molecule has 0 spiro atoms. The number of nitrogens with zero attached hydrogens (tertiary/aromatic N) is 1. The van der Waals surface area contributed by atoms with Gasteiger partial charge in [-0.25, -0.2) is 13.4 Å². The molecule has 0 aromatic carbocycles. The number of nitrogens with one attached hydrogen (secondary N) is 1. The topological polar surface area (TPSA) is 106 Å². The monoisotopic (exact) mass is 277 g/mol. The number of hydrogen-bond acceptors (Lipinski definition) is 6. The molecular formula is C9H15N3O3S2. The summed E-state index contributed by atoms with van der Waals surface area (Å²) in [5, 5.41) is 0.349. The van der Waals surface area contributed by atoms with Gasteiger partial charge in [-0.3, -0.25) is 4.79 Å². The second-order valence-corrected chi connectivity index (χ2v) is 6.86. The van der Waals surface area contributed by atoms with Crippen molar-refractivity contribution >= 4 is 27.4 Å². The molecule has 17 heavy (non-hydrogen) atoms. The summed E-state index contributed by atoms with van der Waals surface area (Å²) in [5.74, 6) is 0.750. The van der Waals surface area contributed by atoms with E-state index in [0.29, 0.717) is 17.3 Å². The van der Waals surface area contributed by atoms with E-state index in [1.165, 1.54) is 17.8 Å². The summed E-state index contributed by atoms with van der Waals surface area (Å²) >= 11 is 1.18.